The van der Waals surface area contributed by atoms with Crippen LogP contribution in [0.15, 0.2) is 44.8 Å². The van der Waals surface area contributed by atoms with Crippen LogP contribution in [0.25, 0.3) is 0 Å². The fraction of sp³-hybridized carbons (Fsp3) is 0.412. The quantitative estimate of drug-likeness (QED) is 0.688. The van der Waals surface area contributed by atoms with Gasteiger partial charge in [-0.1, -0.05) is 0 Å². The summed E-state index contributed by atoms with van der Waals surface area (Å²) in [5, 5.41) is 0. The number of hydrogen-bond acceptors (Lipinski definition) is 6. The molecule has 0 bridgehead atoms. The Morgan fingerprint density at radius 2 is 1.67 bits per heavy atom. The lowest BCUT2D eigenvalue weighted by atomic mass is 10.3. The zero-order valence-electron chi connectivity index (χ0n) is 15.1. The molecule has 1 saturated heterocycles. The number of rotatable bonds is 5. The zero-order valence-corrected chi connectivity index (χ0v) is 15.9. The number of aromatic nitrogens is 2. The van der Waals surface area contributed by atoms with Gasteiger partial charge in [0, 0.05) is 33.3 Å². The molecule has 10 heteroatoms. The minimum absolute atomic E-state index is 0.0113. The van der Waals surface area contributed by atoms with Crippen molar-refractivity contribution in [3.05, 3.63) is 56.9 Å². The molecule has 146 valence electrons. The molecule has 1 fully saturated rings. The first-order chi connectivity index (χ1) is 12.8. The van der Waals surface area contributed by atoms with Crippen molar-refractivity contribution >= 4 is 10.0 Å². The molecule has 0 unspecified atom stereocenters. The van der Waals surface area contributed by atoms with Crippen molar-refractivity contribution in [3.8, 4) is 5.75 Å². The first-order valence-electron chi connectivity index (χ1n) is 8.37. The second-order valence-corrected chi connectivity index (χ2v) is 8.09. The first-order valence-corrected chi connectivity index (χ1v) is 9.81. The fourth-order valence-corrected chi connectivity index (χ4v) is 4.13. The Morgan fingerprint density at radius 3 is 2.30 bits per heavy atom. The number of ether oxygens (including phenoxy) is 2. The van der Waals surface area contributed by atoms with Crippen molar-refractivity contribution in [2.45, 2.75) is 11.5 Å². The van der Waals surface area contributed by atoms with E-state index in [1.165, 1.54) is 34.1 Å². The molecular formula is C17H21N3O6S. The van der Waals surface area contributed by atoms with E-state index >= 15 is 0 Å². The molecule has 0 amide bonds. The summed E-state index contributed by atoms with van der Waals surface area (Å²) in [4.78, 5) is 23.8. The highest BCUT2D eigenvalue weighted by molar-refractivity contribution is 7.89. The van der Waals surface area contributed by atoms with Gasteiger partial charge in [0.1, 0.15) is 12.4 Å². The molecule has 0 atom stereocenters. The van der Waals surface area contributed by atoms with Gasteiger partial charge in [-0.25, -0.2) is 13.2 Å². The van der Waals surface area contributed by atoms with E-state index in [4.69, 9.17) is 9.47 Å². The smallest absolute Gasteiger partial charge is 0.330 e. The van der Waals surface area contributed by atoms with Crippen LogP contribution in [0.4, 0.5) is 0 Å². The summed E-state index contributed by atoms with van der Waals surface area (Å²) in [5.74, 6) is 0.434. The Balaban J connectivity index is 1.73. The summed E-state index contributed by atoms with van der Waals surface area (Å²) < 4.78 is 39.7. The maximum Gasteiger partial charge on any atom is 0.330 e. The molecule has 9 nitrogen and oxygen atoms in total. The minimum Gasteiger partial charge on any atom is -0.487 e. The SMILES string of the molecule is Cn1c(COc2ccc(S(=O)(=O)N3CCOCC3)cc2)cc(=O)n(C)c1=O. The molecular weight excluding hydrogens is 374 g/mol. The largest absolute Gasteiger partial charge is 0.487 e. The second-order valence-electron chi connectivity index (χ2n) is 6.15. The van der Waals surface area contributed by atoms with E-state index in [0.717, 1.165) is 4.57 Å². The Labute approximate surface area is 156 Å². The summed E-state index contributed by atoms with van der Waals surface area (Å²) in [7, 11) is -0.601. The minimum atomic E-state index is -3.56. The van der Waals surface area contributed by atoms with Gasteiger partial charge in [-0.05, 0) is 24.3 Å². The van der Waals surface area contributed by atoms with Crippen molar-refractivity contribution in [2.75, 3.05) is 26.3 Å². The Kier molecular flexibility index (Phi) is 5.49. The van der Waals surface area contributed by atoms with E-state index < -0.39 is 21.3 Å². The van der Waals surface area contributed by atoms with Gasteiger partial charge in [-0.3, -0.25) is 13.9 Å². The van der Waals surface area contributed by atoms with E-state index in [2.05, 4.69) is 0 Å². The zero-order chi connectivity index (χ0) is 19.6. The molecule has 3 rings (SSSR count). The third-order valence-corrected chi connectivity index (χ3v) is 6.36. The van der Waals surface area contributed by atoms with Gasteiger partial charge in [-0.2, -0.15) is 4.31 Å². The monoisotopic (exact) mass is 395 g/mol. The van der Waals surface area contributed by atoms with Gasteiger partial charge in [-0.15, -0.1) is 0 Å². The van der Waals surface area contributed by atoms with Crippen molar-refractivity contribution in [3.63, 3.8) is 0 Å². The van der Waals surface area contributed by atoms with Crippen LogP contribution in [-0.4, -0.2) is 48.2 Å². The molecule has 0 radical (unpaired) electrons. The third kappa shape index (κ3) is 3.97. The number of nitrogens with zero attached hydrogens (tertiary/aromatic N) is 3. The van der Waals surface area contributed by atoms with Crippen molar-refractivity contribution in [2.24, 2.45) is 14.1 Å². The van der Waals surface area contributed by atoms with E-state index in [1.54, 1.807) is 19.2 Å². The van der Waals surface area contributed by atoms with Gasteiger partial charge in [0.05, 0.1) is 23.8 Å². The summed E-state index contributed by atoms with van der Waals surface area (Å²) in [6, 6.07) is 7.38. The average molecular weight is 395 g/mol. The highest BCUT2D eigenvalue weighted by atomic mass is 32.2. The number of morpholine rings is 1. The van der Waals surface area contributed by atoms with Gasteiger partial charge in [0.25, 0.3) is 5.56 Å². The van der Waals surface area contributed by atoms with Crippen LogP contribution in [0.3, 0.4) is 0 Å². The molecule has 0 N–H and O–H groups in total. The highest BCUT2D eigenvalue weighted by Gasteiger charge is 2.26. The van der Waals surface area contributed by atoms with Crippen LogP contribution >= 0.6 is 0 Å². The third-order valence-electron chi connectivity index (χ3n) is 4.44. The van der Waals surface area contributed by atoms with E-state index in [0.29, 0.717) is 37.7 Å². The van der Waals surface area contributed by atoms with E-state index in [9.17, 15) is 18.0 Å². The van der Waals surface area contributed by atoms with Gasteiger partial charge in [0.15, 0.2) is 0 Å². The molecule has 1 aromatic heterocycles. The van der Waals surface area contributed by atoms with Crippen LogP contribution in [0.1, 0.15) is 5.69 Å². The van der Waals surface area contributed by atoms with Crippen LogP contribution in [0.5, 0.6) is 5.75 Å². The van der Waals surface area contributed by atoms with Crippen LogP contribution in [0, 0.1) is 0 Å². The van der Waals surface area contributed by atoms with Crippen molar-refractivity contribution in [1.29, 1.82) is 0 Å². The van der Waals surface area contributed by atoms with E-state index in [-0.39, 0.29) is 11.5 Å². The molecule has 0 spiro atoms. The van der Waals surface area contributed by atoms with Crippen LogP contribution < -0.4 is 16.0 Å². The second kappa shape index (κ2) is 7.67. The maximum absolute atomic E-state index is 12.6. The van der Waals surface area contributed by atoms with Crippen LogP contribution in [0.2, 0.25) is 0 Å². The lowest BCUT2D eigenvalue weighted by molar-refractivity contribution is 0.0730. The summed E-state index contributed by atoms with van der Waals surface area (Å²) >= 11 is 0. The molecule has 1 aromatic carbocycles. The van der Waals surface area contributed by atoms with Crippen molar-refractivity contribution < 1.29 is 17.9 Å². The van der Waals surface area contributed by atoms with Gasteiger partial charge < -0.3 is 9.47 Å². The lowest BCUT2D eigenvalue weighted by Gasteiger charge is -2.26. The molecule has 0 saturated carbocycles. The summed E-state index contributed by atoms with van der Waals surface area (Å²) in [6.07, 6.45) is 0. The number of benzene rings is 1. The standard InChI is InChI=1S/C17H21N3O6S/c1-18-13(11-16(21)19(2)17(18)22)12-26-14-3-5-15(6-4-14)27(23,24)20-7-9-25-10-8-20/h3-6,11H,7-10,12H2,1-2H3. The highest BCUT2D eigenvalue weighted by Crippen LogP contribution is 2.21. The average Bonchev–Trinajstić information content (AvgIpc) is 2.69. The molecule has 0 aliphatic carbocycles. The Hall–Kier alpha value is -2.43. The molecule has 2 heterocycles. The summed E-state index contributed by atoms with van der Waals surface area (Å²) in [5.41, 5.74) is -0.426. The summed E-state index contributed by atoms with van der Waals surface area (Å²) in [6.45, 7) is 1.44. The van der Waals surface area contributed by atoms with Gasteiger partial charge in [0.2, 0.25) is 10.0 Å². The maximum atomic E-state index is 12.6. The normalized spacial score (nSPS) is 15.6. The first kappa shape index (κ1) is 19.3. The molecule has 27 heavy (non-hydrogen) atoms. The fourth-order valence-electron chi connectivity index (χ4n) is 2.72. The van der Waals surface area contributed by atoms with Crippen molar-refractivity contribution in [1.82, 2.24) is 13.4 Å². The Bertz CT molecular complexity index is 1030. The predicted molar refractivity (Wildman–Crippen MR) is 97.3 cm³/mol. The Morgan fingerprint density at radius 1 is 1.04 bits per heavy atom. The molecule has 1 aliphatic rings. The molecule has 2 aromatic rings. The van der Waals surface area contributed by atoms with Gasteiger partial charge >= 0.3 is 5.69 Å². The number of hydrogen-bond donors (Lipinski definition) is 0. The van der Waals surface area contributed by atoms with E-state index in [1.807, 2.05) is 0 Å². The predicted octanol–water partition coefficient (Wildman–Crippen LogP) is -0.316. The number of sulfonamides is 1. The van der Waals surface area contributed by atoms with Crippen LogP contribution in [-0.2, 0) is 35.5 Å². The molecule has 1 aliphatic heterocycles. The topological polar surface area (TPSA) is 99.8 Å². The lowest BCUT2D eigenvalue weighted by Crippen LogP contribution is -2.40.